The highest BCUT2D eigenvalue weighted by Crippen LogP contribution is 2.28. The second-order valence-corrected chi connectivity index (χ2v) is 7.77. The van der Waals surface area contributed by atoms with Gasteiger partial charge in [-0.05, 0) is 31.0 Å². The molecule has 1 fully saturated rings. The van der Waals surface area contributed by atoms with E-state index in [2.05, 4.69) is 5.32 Å². The molecule has 23 heavy (non-hydrogen) atoms. The Balaban J connectivity index is 1.92. The quantitative estimate of drug-likeness (QED) is 0.862. The van der Waals surface area contributed by atoms with Crippen molar-refractivity contribution in [3.8, 4) is 0 Å². The van der Waals surface area contributed by atoms with E-state index in [4.69, 9.17) is 23.2 Å². The van der Waals surface area contributed by atoms with Crippen LogP contribution in [0.2, 0.25) is 10.0 Å². The Morgan fingerprint density at radius 2 is 1.78 bits per heavy atom. The van der Waals surface area contributed by atoms with E-state index in [1.165, 1.54) is 0 Å². The van der Waals surface area contributed by atoms with Crippen molar-refractivity contribution in [2.24, 2.45) is 11.3 Å². The van der Waals surface area contributed by atoms with Crippen LogP contribution in [-0.4, -0.2) is 29.8 Å². The molecule has 6 heteroatoms. The van der Waals surface area contributed by atoms with Crippen molar-refractivity contribution in [1.82, 2.24) is 4.90 Å². The minimum Gasteiger partial charge on any atom is -0.342 e. The minimum absolute atomic E-state index is 0.0583. The lowest BCUT2D eigenvalue weighted by molar-refractivity contribution is -0.142. The second kappa shape index (κ2) is 7.10. The molecule has 1 N–H and O–H groups in total. The number of nitrogens with zero attached hydrogens (tertiary/aromatic N) is 1. The average Bonchev–Trinajstić information content (AvgIpc) is 2.48. The van der Waals surface area contributed by atoms with Gasteiger partial charge in [-0.1, -0.05) is 44.0 Å². The minimum atomic E-state index is -0.383. The molecule has 2 rings (SSSR count). The number of halogens is 2. The van der Waals surface area contributed by atoms with Crippen molar-refractivity contribution in [1.29, 1.82) is 0 Å². The lowest BCUT2D eigenvalue weighted by Gasteiger charge is -2.35. The molecule has 1 aliphatic heterocycles. The van der Waals surface area contributed by atoms with Crippen LogP contribution in [0, 0.1) is 11.3 Å². The smallest absolute Gasteiger partial charge is 0.227 e. The van der Waals surface area contributed by atoms with Gasteiger partial charge in [-0.3, -0.25) is 9.59 Å². The number of likely N-dealkylation sites (tertiary alicyclic amines) is 1. The number of carbonyl (C=O) groups is 2. The Hall–Kier alpha value is -1.26. The predicted molar refractivity (Wildman–Crippen MR) is 93.9 cm³/mol. The van der Waals surface area contributed by atoms with Crippen molar-refractivity contribution in [3.63, 3.8) is 0 Å². The molecule has 0 radical (unpaired) electrons. The number of amides is 2. The van der Waals surface area contributed by atoms with Gasteiger partial charge in [0.05, 0.1) is 10.7 Å². The zero-order chi connectivity index (χ0) is 17.2. The largest absolute Gasteiger partial charge is 0.342 e. The fourth-order valence-corrected chi connectivity index (χ4v) is 3.10. The number of hydrogen-bond acceptors (Lipinski definition) is 2. The molecular weight excluding hydrogens is 335 g/mol. The molecule has 1 aromatic carbocycles. The highest BCUT2D eigenvalue weighted by atomic mass is 35.5. The maximum Gasteiger partial charge on any atom is 0.227 e. The van der Waals surface area contributed by atoms with Gasteiger partial charge in [0, 0.05) is 29.4 Å². The fraction of sp³-hybridized carbons (Fsp3) is 0.529. The predicted octanol–water partition coefficient (Wildman–Crippen LogP) is 4.22. The summed E-state index contributed by atoms with van der Waals surface area (Å²) in [5.74, 6) is -0.0278. The normalized spacial score (nSPS) is 16.3. The lowest BCUT2D eigenvalue weighted by Crippen LogP contribution is -2.45. The third-order valence-corrected chi connectivity index (χ3v) is 4.53. The molecule has 0 aromatic heterocycles. The Morgan fingerprint density at radius 3 is 2.30 bits per heavy atom. The summed E-state index contributed by atoms with van der Waals surface area (Å²) in [6, 6.07) is 4.98. The van der Waals surface area contributed by atoms with E-state index in [9.17, 15) is 9.59 Å². The summed E-state index contributed by atoms with van der Waals surface area (Å²) in [7, 11) is 0. The van der Waals surface area contributed by atoms with Crippen LogP contribution in [0.25, 0.3) is 0 Å². The van der Waals surface area contributed by atoms with Gasteiger partial charge >= 0.3 is 0 Å². The van der Waals surface area contributed by atoms with Crippen molar-refractivity contribution in [2.45, 2.75) is 33.6 Å². The SMILES string of the molecule is CC(C)(C)C(=O)N1CCC(C(=O)Nc2ccc(Cl)cc2Cl)CC1. The number of carbonyl (C=O) groups excluding carboxylic acids is 2. The molecule has 126 valence electrons. The molecular formula is C17H22Cl2N2O2. The van der Waals surface area contributed by atoms with E-state index in [0.29, 0.717) is 41.7 Å². The van der Waals surface area contributed by atoms with Crippen LogP contribution in [0.3, 0.4) is 0 Å². The first kappa shape index (κ1) is 18.1. The van der Waals surface area contributed by atoms with Gasteiger partial charge in [-0.15, -0.1) is 0 Å². The Kier molecular flexibility index (Phi) is 5.58. The molecule has 1 aromatic rings. The maximum atomic E-state index is 12.4. The van der Waals surface area contributed by atoms with Crippen LogP contribution in [-0.2, 0) is 9.59 Å². The number of rotatable bonds is 2. The van der Waals surface area contributed by atoms with E-state index in [0.717, 1.165) is 0 Å². The van der Waals surface area contributed by atoms with Gasteiger partial charge in [-0.2, -0.15) is 0 Å². The third kappa shape index (κ3) is 4.61. The van der Waals surface area contributed by atoms with Crippen molar-refractivity contribution < 1.29 is 9.59 Å². The van der Waals surface area contributed by atoms with Crippen molar-refractivity contribution in [2.75, 3.05) is 18.4 Å². The Labute approximate surface area is 147 Å². The highest BCUT2D eigenvalue weighted by Gasteiger charge is 2.32. The average molecular weight is 357 g/mol. The van der Waals surface area contributed by atoms with Gasteiger partial charge in [0.1, 0.15) is 0 Å². The van der Waals surface area contributed by atoms with Crippen molar-refractivity contribution in [3.05, 3.63) is 28.2 Å². The molecule has 4 nitrogen and oxygen atoms in total. The molecule has 0 atom stereocenters. The molecule has 2 amide bonds. The van der Waals surface area contributed by atoms with Crippen LogP contribution >= 0.6 is 23.2 Å². The van der Waals surface area contributed by atoms with Crippen LogP contribution in [0.5, 0.6) is 0 Å². The van der Waals surface area contributed by atoms with E-state index in [-0.39, 0.29) is 23.1 Å². The molecule has 0 spiro atoms. The van der Waals surface area contributed by atoms with E-state index >= 15 is 0 Å². The summed E-state index contributed by atoms with van der Waals surface area (Å²) in [5, 5.41) is 3.80. The van der Waals surface area contributed by atoms with Gasteiger partial charge in [0.25, 0.3) is 0 Å². The van der Waals surface area contributed by atoms with E-state index in [1.807, 2.05) is 25.7 Å². The number of anilines is 1. The molecule has 0 saturated carbocycles. The fourth-order valence-electron chi connectivity index (χ4n) is 2.64. The number of nitrogens with one attached hydrogen (secondary N) is 1. The zero-order valence-electron chi connectivity index (χ0n) is 13.7. The maximum absolute atomic E-state index is 12.4. The van der Waals surface area contributed by atoms with E-state index < -0.39 is 0 Å². The Bertz CT molecular complexity index is 603. The summed E-state index contributed by atoms with van der Waals surface area (Å²) in [4.78, 5) is 26.5. The second-order valence-electron chi connectivity index (χ2n) is 6.93. The van der Waals surface area contributed by atoms with Gasteiger partial charge in [0.2, 0.25) is 11.8 Å². The van der Waals surface area contributed by atoms with Gasteiger partial charge in [0.15, 0.2) is 0 Å². The zero-order valence-corrected chi connectivity index (χ0v) is 15.2. The first-order valence-corrected chi connectivity index (χ1v) is 8.49. The summed E-state index contributed by atoms with van der Waals surface area (Å²) in [5.41, 5.74) is 0.181. The molecule has 1 heterocycles. The first-order chi connectivity index (χ1) is 10.7. The standard InChI is InChI=1S/C17H22Cl2N2O2/c1-17(2,3)16(23)21-8-6-11(7-9-21)15(22)20-14-5-4-12(18)10-13(14)19/h4-5,10-11H,6-9H2,1-3H3,(H,20,22). The van der Waals surface area contributed by atoms with E-state index in [1.54, 1.807) is 18.2 Å². The lowest BCUT2D eigenvalue weighted by atomic mass is 9.90. The van der Waals surface area contributed by atoms with Crippen LogP contribution in [0.1, 0.15) is 33.6 Å². The molecule has 0 bridgehead atoms. The molecule has 0 unspecified atom stereocenters. The monoisotopic (exact) mass is 356 g/mol. The van der Waals surface area contributed by atoms with Crippen molar-refractivity contribution >= 4 is 40.7 Å². The third-order valence-electron chi connectivity index (χ3n) is 3.98. The summed E-state index contributed by atoms with van der Waals surface area (Å²) in [6.45, 7) is 6.97. The first-order valence-electron chi connectivity index (χ1n) is 7.74. The number of piperidine rings is 1. The highest BCUT2D eigenvalue weighted by molar-refractivity contribution is 6.36. The summed E-state index contributed by atoms with van der Waals surface area (Å²) in [6.07, 6.45) is 1.33. The molecule has 0 aliphatic carbocycles. The van der Waals surface area contributed by atoms with Gasteiger partial charge < -0.3 is 10.2 Å². The Morgan fingerprint density at radius 1 is 1.17 bits per heavy atom. The topological polar surface area (TPSA) is 49.4 Å². The molecule has 1 saturated heterocycles. The van der Waals surface area contributed by atoms with Crippen LogP contribution < -0.4 is 5.32 Å². The summed E-state index contributed by atoms with van der Waals surface area (Å²) >= 11 is 11.9. The summed E-state index contributed by atoms with van der Waals surface area (Å²) < 4.78 is 0. The molecule has 1 aliphatic rings. The van der Waals surface area contributed by atoms with Crippen LogP contribution in [0.15, 0.2) is 18.2 Å². The number of benzene rings is 1. The number of hydrogen-bond donors (Lipinski definition) is 1. The van der Waals surface area contributed by atoms with Gasteiger partial charge in [-0.25, -0.2) is 0 Å². The van der Waals surface area contributed by atoms with Crippen LogP contribution in [0.4, 0.5) is 5.69 Å².